The molecule has 0 aromatic heterocycles. The summed E-state index contributed by atoms with van der Waals surface area (Å²) in [6.07, 6.45) is 2.08. The van der Waals surface area contributed by atoms with Crippen molar-refractivity contribution in [2.24, 2.45) is 5.92 Å². The fraction of sp³-hybridized carbons (Fsp3) is 0.321. The second-order valence-corrected chi connectivity index (χ2v) is 9.42. The number of hydrogen-bond acceptors (Lipinski definition) is 2. The molecule has 0 bridgehead atoms. The smallest absolute Gasteiger partial charge is 0.318 e. The van der Waals surface area contributed by atoms with Crippen LogP contribution in [0.4, 0.5) is 13.6 Å². The molecule has 1 N–H and O–H groups in total. The van der Waals surface area contributed by atoms with Gasteiger partial charge in [0.2, 0.25) is 0 Å². The number of nitrogens with zero attached hydrogens (tertiary/aromatic N) is 2. The number of amides is 2. The molecule has 2 heterocycles. The van der Waals surface area contributed by atoms with Gasteiger partial charge in [0.1, 0.15) is 17.2 Å². The van der Waals surface area contributed by atoms with Crippen molar-refractivity contribution in [2.75, 3.05) is 32.7 Å². The maximum Gasteiger partial charge on any atom is 0.318 e. The van der Waals surface area contributed by atoms with Crippen LogP contribution in [0.3, 0.4) is 0 Å². The van der Waals surface area contributed by atoms with Crippen LogP contribution in [-0.4, -0.2) is 48.6 Å². The summed E-state index contributed by atoms with van der Waals surface area (Å²) < 4.78 is 27.3. The number of nitrogens with one attached hydrogen (secondary N) is 1. The molecule has 3 aromatic rings. The Morgan fingerprint density at radius 2 is 1.49 bits per heavy atom. The third kappa shape index (κ3) is 5.67. The van der Waals surface area contributed by atoms with Crippen LogP contribution >= 0.6 is 24.0 Å². The molecule has 2 amide bonds. The summed E-state index contributed by atoms with van der Waals surface area (Å²) in [5.41, 5.74) is 2.07. The average molecular weight is 589 g/mol. The fourth-order valence-electron chi connectivity index (χ4n) is 5.28. The number of carbonyl (C=O) groups excluding carboxylic acids is 1. The molecule has 0 aliphatic carbocycles. The van der Waals surface area contributed by atoms with Crippen molar-refractivity contribution >= 4 is 30.0 Å². The Labute approximate surface area is 222 Å². The summed E-state index contributed by atoms with van der Waals surface area (Å²) in [6, 6.07) is 22.7. The number of urea groups is 1. The predicted octanol–water partition coefficient (Wildman–Crippen LogP) is 5.42. The van der Waals surface area contributed by atoms with Crippen molar-refractivity contribution in [3.63, 3.8) is 0 Å². The number of halogens is 3. The van der Waals surface area contributed by atoms with Crippen molar-refractivity contribution in [3.05, 3.63) is 107 Å². The van der Waals surface area contributed by atoms with E-state index in [0.29, 0.717) is 19.0 Å². The Kier molecular flexibility index (Phi) is 8.06. The van der Waals surface area contributed by atoms with Crippen LogP contribution in [0.25, 0.3) is 0 Å². The zero-order valence-electron chi connectivity index (χ0n) is 19.5. The van der Waals surface area contributed by atoms with Gasteiger partial charge in [0.05, 0.1) is 6.54 Å². The molecule has 1 unspecified atom stereocenters. The van der Waals surface area contributed by atoms with Gasteiger partial charge < -0.3 is 15.1 Å². The zero-order valence-corrected chi connectivity index (χ0v) is 21.8. The molecule has 35 heavy (non-hydrogen) atoms. The SMILES string of the molecule is I.O=C1NC(c2ccc(F)cc2)(c2ccc(F)cc2)CN1CC1CCN(CCc2ccccc2)C1. The number of benzene rings is 3. The average Bonchev–Trinajstić information content (AvgIpc) is 3.44. The lowest BCUT2D eigenvalue weighted by Gasteiger charge is -2.30. The quantitative estimate of drug-likeness (QED) is 0.374. The highest BCUT2D eigenvalue weighted by molar-refractivity contribution is 14.0. The molecular formula is C28H30F2IN3O. The molecule has 2 aliphatic rings. The van der Waals surface area contributed by atoms with Crippen molar-refractivity contribution in [1.82, 2.24) is 15.1 Å². The molecule has 2 fully saturated rings. The summed E-state index contributed by atoms with van der Waals surface area (Å²) in [6.45, 7) is 4.11. The Morgan fingerprint density at radius 1 is 0.886 bits per heavy atom. The highest BCUT2D eigenvalue weighted by Crippen LogP contribution is 2.36. The van der Waals surface area contributed by atoms with Crippen LogP contribution in [-0.2, 0) is 12.0 Å². The summed E-state index contributed by atoms with van der Waals surface area (Å²) in [4.78, 5) is 17.4. The predicted molar refractivity (Wildman–Crippen MR) is 144 cm³/mol. The Bertz CT molecular complexity index is 1080. The molecule has 1 atom stereocenters. The number of carbonyl (C=O) groups is 1. The summed E-state index contributed by atoms with van der Waals surface area (Å²) in [5, 5.41) is 3.15. The normalized spacial score (nSPS) is 19.4. The number of likely N-dealkylation sites (tertiary alicyclic amines) is 1. The molecule has 184 valence electrons. The third-order valence-corrected chi connectivity index (χ3v) is 7.12. The third-order valence-electron chi connectivity index (χ3n) is 7.12. The van der Waals surface area contributed by atoms with Crippen LogP contribution < -0.4 is 5.32 Å². The summed E-state index contributed by atoms with van der Waals surface area (Å²) >= 11 is 0. The van der Waals surface area contributed by atoms with Crippen LogP contribution in [0.2, 0.25) is 0 Å². The van der Waals surface area contributed by atoms with Crippen LogP contribution in [0.1, 0.15) is 23.1 Å². The van der Waals surface area contributed by atoms with Crippen molar-refractivity contribution < 1.29 is 13.6 Å². The van der Waals surface area contributed by atoms with Gasteiger partial charge in [-0.2, -0.15) is 0 Å². The first-order chi connectivity index (χ1) is 16.5. The van der Waals surface area contributed by atoms with Gasteiger partial charge in [-0.3, -0.25) is 0 Å². The largest absolute Gasteiger partial charge is 0.323 e. The molecule has 5 rings (SSSR count). The molecule has 2 saturated heterocycles. The van der Waals surface area contributed by atoms with Crippen molar-refractivity contribution in [2.45, 2.75) is 18.4 Å². The molecule has 7 heteroatoms. The molecule has 0 spiro atoms. The first-order valence-electron chi connectivity index (χ1n) is 11.9. The molecule has 2 aliphatic heterocycles. The van der Waals surface area contributed by atoms with E-state index in [1.807, 2.05) is 11.0 Å². The van der Waals surface area contributed by atoms with E-state index >= 15 is 0 Å². The van der Waals surface area contributed by atoms with E-state index in [0.717, 1.165) is 43.6 Å². The summed E-state index contributed by atoms with van der Waals surface area (Å²) in [5.74, 6) is -0.264. The molecular weight excluding hydrogens is 559 g/mol. The standard InChI is InChI=1S/C28H29F2N3O.HI/c29-25-10-6-23(7-11-25)28(24-8-12-26(30)13-9-24)20-33(27(34)31-28)19-22-15-17-32(18-22)16-14-21-4-2-1-3-5-21;/h1-13,22H,14-20H2,(H,31,34);1H. The number of rotatable bonds is 7. The minimum absolute atomic E-state index is 0. The van der Waals surface area contributed by atoms with Gasteiger partial charge >= 0.3 is 6.03 Å². The lowest BCUT2D eigenvalue weighted by Crippen LogP contribution is -2.41. The monoisotopic (exact) mass is 589 g/mol. The molecule has 0 saturated carbocycles. The van der Waals surface area contributed by atoms with Gasteiger partial charge in [0.25, 0.3) is 0 Å². The Morgan fingerprint density at radius 3 is 2.09 bits per heavy atom. The topological polar surface area (TPSA) is 35.6 Å². The van der Waals surface area contributed by atoms with Gasteiger partial charge in [0.15, 0.2) is 0 Å². The maximum atomic E-state index is 13.6. The lowest BCUT2D eigenvalue weighted by molar-refractivity contribution is 0.207. The van der Waals surface area contributed by atoms with E-state index in [1.54, 1.807) is 24.3 Å². The van der Waals surface area contributed by atoms with Crippen molar-refractivity contribution in [1.29, 1.82) is 0 Å². The second kappa shape index (κ2) is 11.0. The highest BCUT2D eigenvalue weighted by atomic mass is 127. The van der Waals surface area contributed by atoms with Crippen LogP contribution in [0.5, 0.6) is 0 Å². The van der Waals surface area contributed by atoms with E-state index in [-0.39, 0.29) is 41.6 Å². The van der Waals surface area contributed by atoms with Gasteiger partial charge in [-0.1, -0.05) is 54.6 Å². The zero-order chi connectivity index (χ0) is 23.5. The molecule has 3 aromatic carbocycles. The Balaban J connectivity index is 0.00000289. The number of hydrogen-bond donors (Lipinski definition) is 1. The van der Waals surface area contributed by atoms with Gasteiger partial charge in [-0.25, -0.2) is 13.6 Å². The van der Waals surface area contributed by atoms with Crippen molar-refractivity contribution in [3.8, 4) is 0 Å². The maximum absolute atomic E-state index is 13.6. The van der Waals surface area contributed by atoms with Gasteiger partial charge in [-0.05, 0) is 66.3 Å². The first-order valence-corrected chi connectivity index (χ1v) is 11.9. The minimum atomic E-state index is -0.843. The summed E-state index contributed by atoms with van der Waals surface area (Å²) in [7, 11) is 0. The van der Waals surface area contributed by atoms with Crippen LogP contribution in [0, 0.1) is 17.6 Å². The second-order valence-electron chi connectivity index (χ2n) is 9.42. The van der Waals surface area contributed by atoms with E-state index in [1.165, 1.54) is 29.8 Å². The highest BCUT2D eigenvalue weighted by Gasteiger charge is 2.46. The fourth-order valence-corrected chi connectivity index (χ4v) is 5.28. The lowest BCUT2D eigenvalue weighted by atomic mass is 9.83. The van der Waals surface area contributed by atoms with E-state index in [2.05, 4.69) is 34.5 Å². The first kappa shape index (κ1) is 25.6. The van der Waals surface area contributed by atoms with E-state index in [9.17, 15) is 13.6 Å². The van der Waals surface area contributed by atoms with Crippen LogP contribution in [0.15, 0.2) is 78.9 Å². The van der Waals surface area contributed by atoms with E-state index in [4.69, 9.17) is 0 Å². The molecule has 4 nitrogen and oxygen atoms in total. The van der Waals surface area contributed by atoms with Gasteiger partial charge in [-0.15, -0.1) is 24.0 Å². The van der Waals surface area contributed by atoms with E-state index < -0.39 is 5.54 Å². The Hall–Kier alpha value is -2.52. The van der Waals surface area contributed by atoms with Gasteiger partial charge in [0, 0.05) is 19.6 Å². The minimum Gasteiger partial charge on any atom is -0.323 e. The molecule has 0 radical (unpaired) electrons.